The van der Waals surface area contributed by atoms with Gasteiger partial charge in [-0.25, -0.2) is 0 Å². The highest BCUT2D eigenvalue weighted by Crippen LogP contribution is 2.31. The van der Waals surface area contributed by atoms with Crippen LogP contribution in [-0.2, 0) is 6.54 Å². The molecule has 4 aromatic rings. The molecular formula is C20H16BrN5. The van der Waals surface area contributed by atoms with E-state index in [1.165, 1.54) is 5.56 Å². The predicted octanol–water partition coefficient (Wildman–Crippen LogP) is 5.26. The fourth-order valence-electron chi connectivity index (χ4n) is 3.29. The molecule has 0 aliphatic rings. The van der Waals surface area contributed by atoms with Gasteiger partial charge in [-0.2, -0.15) is 5.53 Å². The first-order valence-electron chi connectivity index (χ1n) is 8.13. The SMILES string of the molecule is N=NN=C(N)c1ccc2c(c1)c1ccccc1n2Cc1ccccc1Br. The summed E-state index contributed by atoms with van der Waals surface area (Å²) in [5.41, 5.74) is 17.1. The number of para-hydroxylation sites is 1. The molecule has 3 N–H and O–H groups in total. The van der Waals surface area contributed by atoms with Crippen LogP contribution in [0.1, 0.15) is 11.1 Å². The van der Waals surface area contributed by atoms with Crippen molar-refractivity contribution in [3.63, 3.8) is 0 Å². The van der Waals surface area contributed by atoms with Gasteiger partial charge < -0.3 is 10.3 Å². The Labute approximate surface area is 158 Å². The molecule has 0 saturated heterocycles. The van der Waals surface area contributed by atoms with E-state index in [4.69, 9.17) is 11.3 Å². The van der Waals surface area contributed by atoms with Crippen LogP contribution in [0, 0.1) is 5.53 Å². The highest BCUT2D eigenvalue weighted by Gasteiger charge is 2.13. The van der Waals surface area contributed by atoms with Crippen molar-refractivity contribution in [1.29, 1.82) is 5.53 Å². The number of hydrogen-bond acceptors (Lipinski definition) is 2. The Morgan fingerprint density at radius 1 is 0.962 bits per heavy atom. The second kappa shape index (κ2) is 6.72. The Hall–Kier alpha value is -2.99. The second-order valence-electron chi connectivity index (χ2n) is 6.01. The quantitative estimate of drug-likeness (QED) is 0.206. The van der Waals surface area contributed by atoms with Gasteiger partial charge in [0.05, 0.1) is 0 Å². The van der Waals surface area contributed by atoms with Gasteiger partial charge in [0, 0.05) is 38.4 Å². The Bertz CT molecular complexity index is 1160. The van der Waals surface area contributed by atoms with Crippen LogP contribution in [0.4, 0.5) is 0 Å². The molecule has 0 atom stereocenters. The van der Waals surface area contributed by atoms with E-state index in [-0.39, 0.29) is 5.84 Å². The number of nitrogens with one attached hydrogen (secondary N) is 1. The molecule has 128 valence electrons. The average Bonchev–Trinajstić information content (AvgIpc) is 2.97. The van der Waals surface area contributed by atoms with Crippen molar-refractivity contribution in [1.82, 2.24) is 4.57 Å². The molecule has 0 saturated carbocycles. The summed E-state index contributed by atoms with van der Waals surface area (Å²) in [7, 11) is 0. The number of fused-ring (bicyclic) bond motifs is 3. The summed E-state index contributed by atoms with van der Waals surface area (Å²) in [6, 6.07) is 22.6. The van der Waals surface area contributed by atoms with Gasteiger partial charge in [0.1, 0.15) is 0 Å². The lowest BCUT2D eigenvalue weighted by Crippen LogP contribution is -2.12. The maximum absolute atomic E-state index is 6.87. The Kier molecular flexibility index (Phi) is 4.26. The summed E-state index contributed by atoms with van der Waals surface area (Å²) < 4.78 is 3.40. The first-order chi connectivity index (χ1) is 12.7. The summed E-state index contributed by atoms with van der Waals surface area (Å²) >= 11 is 3.64. The number of nitrogens with zero attached hydrogens (tertiary/aromatic N) is 3. The Balaban J connectivity index is 1.96. The molecule has 0 radical (unpaired) electrons. The van der Waals surface area contributed by atoms with Crippen LogP contribution in [0.25, 0.3) is 21.8 Å². The van der Waals surface area contributed by atoms with E-state index in [2.05, 4.69) is 55.1 Å². The molecule has 0 bridgehead atoms. The zero-order valence-electron chi connectivity index (χ0n) is 13.9. The molecular weight excluding hydrogens is 390 g/mol. The van der Waals surface area contributed by atoms with Crippen molar-refractivity contribution in [2.45, 2.75) is 6.54 Å². The lowest BCUT2D eigenvalue weighted by atomic mass is 10.1. The number of aromatic nitrogens is 1. The van der Waals surface area contributed by atoms with Gasteiger partial charge in [-0.1, -0.05) is 57.6 Å². The number of rotatable bonds is 4. The third-order valence-corrected chi connectivity index (χ3v) is 5.29. The average molecular weight is 406 g/mol. The minimum Gasteiger partial charge on any atom is -0.382 e. The van der Waals surface area contributed by atoms with Crippen molar-refractivity contribution >= 4 is 43.6 Å². The van der Waals surface area contributed by atoms with Crippen LogP contribution in [0.15, 0.2) is 81.5 Å². The van der Waals surface area contributed by atoms with Gasteiger partial charge in [0.25, 0.3) is 0 Å². The summed E-state index contributed by atoms with van der Waals surface area (Å²) in [5.74, 6) is 0.240. The molecule has 26 heavy (non-hydrogen) atoms. The van der Waals surface area contributed by atoms with Crippen LogP contribution in [0.5, 0.6) is 0 Å². The standard InChI is InChI=1S/C20H16BrN5/c21-17-7-3-1-5-14(17)12-26-18-8-4-2-6-15(18)16-11-13(9-10-19(16)26)20(22)24-25-23/h1-11H,12H2,(H3,22,23,24). The molecule has 3 aromatic carbocycles. The summed E-state index contributed by atoms with van der Waals surface area (Å²) in [6.07, 6.45) is 0. The molecule has 5 nitrogen and oxygen atoms in total. The molecule has 0 aliphatic heterocycles. The van der Waals surface area contributed by atoms with Crippen LogP contribution in [-0.4, -0.2) is 10.4 Å². The highest BCUT2D eigenvalue weighted by atomic mass is 79.9. The largest absolute Gasteiger partial charge is 0.382 e. The number of hydrogen-bond donors (Lipinski definition) is 2. The molecule has 0 amide bonds. The summed E-state index contributed by atoms with van der Waals surface area (Å²) in [5, 5.41) is 8.93. The summed E-state index contributed by atoms with van der Waals surface area (Å²) in [6.45, 7) is 0.760. The van der Waals surface area contributed by atoms with Gasteiger partial charge in [0.2, 0.25) is 0 Å². The molecule has 0 fully saturated rings. The first-order valence-corrected chi connectivity index (χ1v) is 8.93. The number of nitrogens with two attached hydrogens (primary N) is 1. The topological polar surface area (TPSA) is 79.5 Å². The molecule has 4 rings (SSSR count). The van der Waals surface area contributed by atoms with Crippen LogP contribution < -0.4 is 5.73 Å². The lowest BCUT2D eigenvalue weighted by Gasteiger charge is -2.09. The highest BCUT2D eigenvalue weighted by molar-refractivity contribution is 9.10. The molecule has 6 heteroatoms. The van der Waals surface area contributed by atoms with Gasteiger partial charge >= 0.3 is 0 Å². The van der Waals surface area contributed by atoms with Gasteiger partial charge in [0.15, 0.2) is 5.84 Å². The molecule has 0 spiro atoms. The maximum atomic E-state index is 6.87. The van der Waals surface area contributed by atoms with Crippen molar-refractivity contribution in [2.24, 2.45) is 16.1 Å². The van der Waals surface area contributed by atoms with E-state index in [1.54, 1.807) is 0 Å². The Morgan fingerprint density at radius 2 is 1.69 bits per heavy atom. The van der Waals surface area contributed by atoms with E-state index in [0.29, 0.717) is 0 Å². The van der Waals surface area contributed by atoms with Crippen LogP contribution >= 0.6 is 15.9 Å². The van der Waals surface area contributed by atoms with Gasteiger partial charge in [-0.15, -0.1) is 5.10 Å². The van der Waals surface area contributed by atoms with Crippen LogP contribution in [0.2, 0.25) is 0 Å². The Morgan fingerprint density at radius 3 is 2.50 bits per heavy atom. The maximum Gasteiger partial charge on any atom is 0.155 e. The smallest absolute Gasteiger partial charge is 0.155 e. The van der Waals surface area contributed by atoms with Crippen molar-refractivity contribution < 1.29 is 0 Å². The molecule has 1 aromatic heterocycles. The van der Waals surface area contributed by atoms with Crippen molar-refractivity contribution in [3.05, 3.63) is 82.3 Å². The van der Waals surface area contributed by atoms with Crippen molar-refractivity contribution in [3.8, 4) is 0 Å². The van der Waals surface area contributed by atoms with Gasteiger partial charge in [-0.05, 0) is 35.9 Å². The minimum absolute atomic E-state index is 0.240. The van der Waals surface area contributed by atoms with Crippen molar-refractivity contribution in [2.75, 3.05) is 0 Å². The first kappa shape index (κ1) is 16.5. The molecule has 1 heterocycles. The predicted molar refractivity (Wildman–Crippen MR) is 109 cm³/mol. The second-order valence-corrected chi connectivity index (χ2v) is 6.87. The fourth-order valence-corrected chi connectivity index (χ4v) is 3.70. The zero-order chi connectivity index (χ0) is 18.1. The zero-order valence-corrected chi connectivity index (χ0v) is 15.4. The number of halogens is 1. The molecule has 0 unspecified atom stereocenters. The number of benzene rings is 3. The van der Waals surface area contributed by atoms with E-state index < -0.39 is 0 Å². The third-order valence-electron chi connectivity index (χ3n) is 4.51. The fraction of sp³-hybridized carbons (Fsp3) is 0.0500. The van der Waals surface area contributed by atoms with E-state index in [9.17, 15) is 0 Å². The lowest BCUT2D eigenvalue weighted by molar-refractivity contribution is 0.864. The molecule has 0 aliphatic carbocycles. The minimum atomic E-state index is 0.240. The van der Waals surface area contributed by atoms with E-state index >= 15 is 0 Å². The van der Waals surface area contributed by atoms with E-state index in [1.807, 2.05) is 42.5 Å². The summed E-state index contributed by atoms with van der Waals surface area (Å²) in [4.78, 5) is 0. The number of amidine groups is 1. The normalized spacial score (nSPS) is 12.0. The third kappa shape index (κ3) is 2.78. The monoisotopic (exact) mass is 405 g/mol. The van der Waals surface area contributed by atoms with Crippen LogP contribution in [0.3, 0.4) is 0 Å². The van der Waals surface area contributed by atoms with Gasteiger partial charge in [-0.3, -0.25) is 0 Å². The van der Waals surface area contributed by atoms with E-state index in [0.717, 1.165) is 38.4 Å².